The number of likely N-dealkylation sites (N-methyl/N-ethyl adjacent to an activating group) is 1. The number of aryl methyl sites for hydroxylation is 1. The molecule has 0 aliphatic rings. The van der Waals surface area contributed by atoms with Crippen molar-refractivity contribution in [2.24, 2.45) is 0 Å². The zero-order valence-electron chi connectivity index (χ0n) is 14.0. The van der Waals surface area contributed by atoms with Crippen LogP contribution in [-0.2, 0) is 9.59 Å². The van der Waals surface area contributed by atoms with E-state index in [2.05, 4.69) is 10.6 Å². The van der Waals surface area contributed by atoms with Gasteiger partial charge >= 0.3 is 0 Å². The molecule has 25 heavy (non-hydrogen) atoms. The van der Waals surface area contributed by atoms with Gasteiger partial charge in [0.25, 0.3) is 0 Å². The van der Waals surface area contributed by atoms with Crippen molar-refractivity contribution in [1.82, 2.24) is 4.90 Å². The van der Waals surface area contributed by atoms with E-state index in [4.69, 9.17) is 23.2 Å². The zero-order chi connectivity index (χ0) is 18.4. The number of nitrogens with one attached hydrogen (secondary N) is 2. The van der Waals surface area contributed by atoms with Crippen LogP contribution in [0, 0.1) is 6.92 Å². The van der Waals surface area contributed by atoms with Gasteiger partial charge in [-0.25, -0.2) is 0 Å². The fraction of sp³-hybridized carbons (Fsp3) is 0.222. The fourth-order valence-electron chi connectivity index (χ4n) is 2.17. The van der Waals surface area contributed by atoms with E-state index in [0.29, 0.717) is 10.7 Å². The average Bonchev–Trinajstić information content (AvgIpc) is 2.53. The summed E-state index contributed by atoms with van der Waals surface area (Å²) in [6.07, 6.45) is 0. The Balaban J connectivity index is 1.83. The maximum Gasteiger partial charge on any atom is 0.238 e. The van der Waals surface area contributed by atoms with Gasteiger partial charge < -0.3 is 10.6 Å². The minimum absolute atomic E-state index is 0.0458. The zero-order valence-corrected chi connectivity index (χ0v) is 15.5. The SMILES string of the molecule is Cc1ccc(NC(=O)CN(C)CC(=O)Nc2cccc(Cl)c2Cl)cc1. The van der Waals surface area contributed by atoms with E-state index in [1.54, 1.807) is 30.1 Å². The monoisotopic (exact) mass is 379 g/mol. The summed E-state index contributed by atoms with van der Waals surface area (Å²) < 4.78 is 0. The number of rotatable bonds is 6. The summed E-state index contributed by atoms with van der Waals surface area (Å²) in [6.45, 7) is 2.11. The van der Waals surface area contributed by atoms with Crippen LogP contribution in [0.2, 0.25) is 10.0 Å². The summed E-state index contributed by atoms with van der Waals surface area (Å²) in [5, 5.41) is 6.13. The van der Waals surface area contributed by atoms with Crippen LogP contribution in [-0.4, -0.2) is 36.9 Å². The number of carbonyl (C=O) groups excluding carboxylic acids is 2. The van der Waals surface area contributed by atoms with Crippen LogP contribution in [0.1, 0.15) is 5.56 Å². The maximum atomic E-state index is 12.1. The molecule has 0 saturated heterocycles. The number of anilines is 2. The van der Waals surface area contributed by atoms with Gasteiger partial charge in [-0.2, -0.15) is 0 Å². The highest BCUT2D eigenvalue weighted by Crippen LogP contribution is 2.29. The lowest BCUT2D eigenvalue weighted by Crippen LogP contribution is -2.36. The molecule has 0 saturated carbocycles. The molecule has 5 nitrogen and oxygen atoms in total. The third-order valence-corrected chi connectivity index (χ3v) is 4.21. The first-order valence-electron chi connectivity index (χ1n) is 7.64. The number of nitrogens with zero attached hydrogens (tertiary/aromatic N) is 1. The first kappa shape index (κ1) is 19.2. The molecule has 2 rings (SSSR count). The molecule has 0 heterocycles. The summed E-state index contributed by atoms with van der Waals surface area (Å²) in [5.74, 6) is -0.477. The molecule has 0 aliphatic carbocycles. The number of hydrogen-bond acceptors (Lipinski definition) is 3. The first-order chi connectivity index (χ1) is 11.8. The highest BCUT2D eigenvalue weighted by atomic mass is 35.5. The van der Waals surface area contributed by atoms with Gasteiger partial charge in [-0.1, -0.05) is 47.0 Å². The van der Waals surface area contributed by atoms with Crippen LogP contribution in [0.3, 0.4) is 0 Å². The Hall–Kier alpha value is -2.08. The second kappa shape index (κ2) is 8.85. The highest BCUT2D eigenvalue weighted by Gasteiger charge is 2.13. The van der Waals surface area contributed by atoms with E-state index >= 15 is 0 Å². The van der Waals surface area contributed by atoms with Crippen LogP contribution in [0.4, 0.5) is 11.4 Å². The van der Waals surface area contributed by atoms with Crippen molar-refractivity contribution in [1.29, 1.82) is 0 Å². The van der Waals surface area contributed by atoms with Crippen molar-refractivity contribution in [3.8, 4) is 0 Å². The van der Waals surface area contributed by atoms with Gasteiger partial charge in [0, 0.05) is 5.69 Å². The topological polar surface area (TPSA) is 61.4 Å². The van der Waals surface area contributed by atoms with E-state index in [9.17, 15) is 9.59 Å². The lowest BCUT2D eigenvalue weighted by atomic mass is 10.2. The van der Waals surface area contributed by atoms with Crippen molar-refractivity contribution >= 4 is 46.4 Å². The molecule has 2 N–H and O–H groups in total. The standard InChI is InChI=1S/C18H19Cl2N3O2/c1-12-6-8-13(9-7-12)21-16(24)10-23(2)11-17(25)22-15-5-3-4-14(19)18(15)20/h3-9H,10-11H2,1-2H3,(H,21,24)(H,22,25). The second-order valence-electron chi connectivity index (χ2n) is 5.74. The summed E-state index contributed by atoms with van der Waals surface area (Å²) in [4.78, 5) is 25.7. The third-order valence-electron chi connectivity index (χ3n) is 3.39. The number of amides is 2. The third kappa shape index (κ3) is 6.05. The Morgan fingerprint density at radius 1 is 0.960 bits per heavy atom. The van der Waals surface area contributed by atoms with E-state index < -0.39 is 0 Å². The second-order valence-corrected chi connectivity index (χ2v) is 6.52. The predicted molar refractivity (Wildman–Crippen MR) is 102 cm³/mol. The van der Waals surface area contributed by atoms with Crippen LogP contribution in [0.25, 0.3) is 0 Å². The van der Waals surface area contributed by atoms with E-state index in [1.165, 1.54) is 0 Å². The molecule has 0 atom stereocenters. The summed E-state index contributed by atoms with van der Waals surface area (Å²) in [6, 6.07) is 12.5. The van der Waals surface area contributed by atoms with E-state index in [-0.39, 0.29) is 29.9 Å². The molecule has 0 aliphatic heterocycles. The average molecular weight is 380 g/mol. The van der Waals surface area contributed by atoms with Crippen LogP contribution < -0.4 is 10.6 Å². The molecule has 0 unspecified atom stereocenters. The van der Waals surface area contributed by atoms with E-state index in [0.717, 1.165) is 11.3 Å². The molecule has 0 spiro atoms. The molecule has 0 fully saturated rings. The van der Waals surface area contributed by atoms with Gasteiger partial charge in [0.05, 0.1) is 28.8 Å². The lowest BCUT2D eigenvalue weighted by Gasteiger charge is -2.16. The molecule has 2 amide bonds. The summed E-state index contributed by atoms with van der Waals surface area (Å²) in [7, 11) is 1.69. The lowest BCUT2D eigenvalue weighted by molar-refractivity contribution is -0.119. The van der Waals surface area contributed by atoms with Crippen molar-refractivity contribution in [3.63, 3.8) is 0 Å². The molecular weight excluding hydrogens is 361 g/mol. The highest BCUT2D eigenvalue weighted by molar-refractivity contribution is 6.44. The summed E-state index contributed by atoms with van der Waals surface area (Å²) >= 11 is 11.9. The van der Waals surface area contributed by atoms with Gasteiger partial charge in [0.15, 0.2) is 0 Å². The number of benzene rings is 2. The molecule has 0 aromatic heterocycles. The van der Waals surface area contributed by atoms with Crippen molar-refractivity contribution in [2.45, 2.75) is 6.92 Å². The molecule has 132 valence electrons. The molecule has 0 radical (unpaired) electrons. The van der Waals surface area contributed by atoms with Crippen molar-refractivity contribution in [2.75, 3.05) is 30.8 Å². The minimum atomic E-state index is -0.283. The Kier molecular flexibility index (Phi) is 6.82. The quantitative estimate of drug-likeness (QED) is 0.801. The molecule has 7 heteroatoms. The number of carbonyl (C=O) groups is 2. The smallest absolute Gasteiger partial charge is 0.238 e. The van der Waals surface area contributed by atoms with Crippen LogP contribution in [0.15, 0.2) is 42.5 Å². The minimum Gasteiger partial charge on any atom is -0.325 e. The fourth-order valence-corrected chi connectivity index (χ4v) is 2.52. The number of hydrogen-bond donors (Lipinski definition) is 2. The Bertz CT molecular complexity index is 763. The van der Waals surface area contributed by atoms with Gasteiger partial charge in [-0.3, -0.25) is 14.5 Å². The molecular formula is C18H19Cl2N3O2. The molecule has 0 bridgehead atoms. The Morgan fingerprint density at radius 3 is 2.20 bits per heavy atom. The van der Waals surface area contributed by atoms with Gasteiger partial charge in [-0.15, -0.1) is 0 Å². The van der Waals surface area contributed by atoms with E-state index in [1.807, 2.05) is 31.2 Å². The van der Waals surface area contributed by atoms with Gasteiger partial charge in [0.2, 0.25) is 11.8 Å². The van der Waals surface area contributed by atoms with Gasteiger partial charge in [0.1, 0.15) is 0 Å². The largest absolute Gasteiger partial charge is 0.325 e. The molecule has 2 aromatic rings. The molecule has 2 aromatic carbocycles. The predicted octanol–water partition coefficient (Wildman–Crippen LogP) is 3.81. The summed E-state index contributed by atoms with van der Waals surface area (Å²) in [5.41, 5.74) is 2.28. The maximum absolute atomic E-state index is 12.1. The van der Waals surface area contributed by atoms with Gasteiger partial charge in [-0.05, 0) is 38.2 Å². The Labute approximate surface area is 156 Å². The van der Waals surface area contributed by atoms with Crippen LogP contribution in [0.5, 0.6) is 0 Å². The van der Waals surface area contributed by atoms with Crippen LogP contribution >= 0.6 is 23.2 Å². The van der Waals surface area contributed by atoms with Crippen molar-refractivity contribution < 1.29 is 9.59 Å². The Morgan fingerprint density at radius 2 is 1.56 bits per heavy atom. The van der Waals surface area contributed by atoms with Crippen molar-refractivity contribution in [3.05, 3.63) is 58.1 Å². The normalized spacial score (nSPS) is 10.6. The first-order valence-corrected chi connectivity index (χ1v) is 8.39. The number of halogens is 2.